The average molecular weight is 271 g/mol. The molecular formula is C14H17N5O. The van der Waals surface area contributed by atoms with Crippen molar-refractivity contribution < 1.29 is 4.74 Å². The van der Waals surface area contributed by atoms with Gasteiger partial charge in [0.2, 0.25) is 5.95 Å². The number of nitrogen functional groups attached to an aromatic ring is 1. The second kappa shape index (κ2) is 5.44. The van der Waals surface area contributed by atoms with Crippen molar-refractivity contribution in [2.45, 2.75) is 13.0 Å². The maximum atomic E-state index is 5.73. The maximum Gasteiger partial charge on any atom is 0.221 e. The zero-order valence-electron chi connectivity index (χ0n) is 11.3. The van der Waals surface area contributed by atoms with Crippen LogP contribution in [-0.4, -0.2) is 29.2 Å². The number of hydrogen-bond donors (Lipinski definition) is 2. The number of imidazole rings is 1. The molecule has 1 aromatic heterocycles. The van der Waals surface area contributed by atoms with E-state index >= 15 is 0 Å². The number of anilines is 1. The highest BCUT2D eigenvalue weighted by Gasteiger charge is 2.16. The predicted molar refractivity (Wildman–Crippen MR) is 77.5 cm³/mol. The van der Waals surface area contributed by atoms with Crippen LogP contribution in [0.3, 0.4) is 0 Å². The van der Waals surface area contributed by atoms with E-state index in [1.165, 1.54) is 5.56 Å². The Labute approximate surface area is 117 Å². The number of benzene rings is 1. The Morgan fingerprint density at radius 2 is 2.25 bits per heavy atom. The molecule has 0 amide bonds. The van der Waals surface area contributed by atoms with Gasteiger partial charge in [0.15, 0.2) is 0 Å². The van der Waals surface area contributed by atoms with Crippen LogP contribution in [0, 0.1) is 6.92 Å². The van der Waals surface area contributed by atoms with Crippen LogP contribution in [0.4, 0.5) is 5.95 Å². The van der Waals surface area contributed by atoms with E-state index in [0.717, 1.165) is 17.8 Å². The topological polar surface area (TPSA) is 77.5 Å². The van der Waals surface area contributed by atoms with Gasteiger partial charge in [-0.1, -0.05) is 24.3 Å². The molecule has 2 heterocycles. The van der Waals surface area contributed by atoms with Crippen molar-refractivity contribution in [2.75, 3.05) is 19.0 Å². The molecule has 1 fully saturated rings. The lowest BCUT2D eigenvalue weighted by Gasteiger charge is -2.08. The van der Waals surface area contributed by atoms with Gasteiger partial charge in [0.1, 0.15) is 0 Å². The van der Waals surface area contributed by atoms with E-state index in [1.807, 2.05) is 19.1 Å². The first kappa shape index (κ1) is 12.8. The third-order valence-corrected chi connectivity index (χ3v) is 3.19. The molecule has 20 heavy (non-hydrogen) atoms. The van der Waals surface area contributed by atoms with Crippen molar-refractivity contribution in [1.29, 1.82) is 0 Å². The second-order valence-corrected chi connectivity index (χ2v) is 4.75. The number of nitrogens with two attached hydrogens (primary N) is 1. The van der Waals surface area contributed by atoms with E-state index in [2.05, 4.69) is 27.5 Å². The molecule has 0 spiro atoms. The number of nitrogens with one attached hydrogen (secondary N) is 1. The summed E-state index contributed by atoms with van der Waals surface area (Å²) >= 11 is 0. The lowest BCUT2D eigenvalue weighted by molar-refractivity contribution is 0.114. The molecule has 1 aliphatic heterocycles. The molecule has 6 heteroatoms. The van der Waals surface area contributed by atoms with Gasteiger partial charge in [-0.25, -0.2) is 9.66 Å². The number of aromatic nitrogens is 2. The van der Waals surface area contributed by atoms with Gasteiger partial charge in [0.05, 0.1) is 30.9 Å². The van der Waals surface area contributed by atoms with Gasteiger partial charge in [-0.05, 0) is 18.1 Å². The summed E-state index contributed by atoms with van der Waals surface area (Å²) in [5.74, 6) is 0.390. The third kappa shape index (κ3) is 2.71. The van der Waals surface area contributed by atoms with Crippen LogP contribution in [-0.2, 0) is 4.74 Å². The van der Waals surface area contributed by atoms with Gasteiger partial charge in [-0.2, -0.15) is 5.10 Å². The largest absolute Gasteiger partial charge is 0.368 e. The number of hydrogen-bond acceptors (Lipinski definition) is 5. The van der Waals surface area contributed by atoms with Crippen molar-refractivity contribution in [1.82, 2.24) is 15.0 Å². The first-order chi connectivity index (χ1) is 9.72. The molecule has 1 aliphatic rings. The molecule has 0 saturated carbocycles. The summed E-state index contributed by atoms with van der Waals surface area (Å²) in [6.45, 7) is 3.36. The van der Waals surface area contributed by atoms with Crippen LogP contribution in [0.5, 0.6) is 0 Å². The van der Waals surface area contributed by atoms with Gasteiger partial charge in [-0.3, -0.25) is 5.32 Å². The fourth-order valence-corrected chi connectivity index (χ4v) is 2.14. The fourth-order valence-electron chi connectivity index (χ4n) is 2.14. The molecule has 1 aromatic carbocycles. The highest BCUT2D eigenvalue weighted by Crippen LogP contribution is 2.19. The van der Waals surface area contributed by atoms with E-state index in [4.69, 9.17) is 10.5 Å². The Hall–Kier alpha value is -2.18. The number of ether oxygens (including phenoxy) is 1. The SMILES string of the molecule is Cc1cn(N=Cc2ccc(C3CNCO3)cc2)c(N)n1. The van der Waals surface area contributed by atoms with Crippen LogP contribution in [0.1, 0.15) is 22.9 Å². The molecule has 0 aliphatic carbocycles. The van der Waals surface area contributed by atoms with Gasteiger partial charge >= 0.3 is 0 Å². The van der Waals surface area contributed by atoms with Crippen LogP contribution in [0.15, 0.2) is 35.6 Å². The standard InChI is InChI=1S/C14H17N5O/c1-10-8-19(14(15)18-10)17-6-11-2-4-12(5-3-11)13-7-16-9-20-13/h2-6,8,13,16H,7,9H2,1H3,(H2,15,18). The van der Waals surface area contributed by atoms with Crippen molar-refractivity contribution in [3.05, 3.63) is 47.3 Å². The van der Waals surface area contributed by atoms with Gasteiger partial charge in [0.25, 0.3) is 0 Å². The van der Waals surface area contributed by atoms with E-state index in [1.54, 1.807) is 17.1 Å². The van der Waals surface area contributed by atoms with E-state index in [9.17, 15) is 0 Å². The summed E-state index contributed by atoms with van der Waals surface area (Å²) in [4.78, 5) is 4.09. The molecule has 104 valence electrons. The predicted octanol–water partition coefficient (Wildman–Crippen LogP) is 1.27. The fraction of sp³-hybridized carbons (Fsp3) is 0.286. The summed E-state index contributed by atoms with van der Waals surface area (Å²) in [5, 5.41) is 7.45. The molecule has 0 radical (unpaired) electrons. The molecular weight excluding hydrogens is 254 g/mol. The summed E-state index contributed by atoms with van der Waals surface area (Å²) in [6, 6.07) is 8.14. The molecule has 0 bridgehead atoms. The smallest absolute Gasteiger partial charge is 0.221 e. The lowest BCUT2D eigenvalue weighted by atomic mass is 10.1. The minimum absolute atomic E-state index is 0.146. The van der Waals surface area contributed by atoms with Crippen molar-refractivity contribution in [3.63, 3.8) is 0 Å². The number of rotatable bonds is 3. The summed E-state index contributed by atoms with van der Waals surface area (Å²) in [6.07, 6.45) is 3.70. The minimum atomic E-state index is 0.146. The van der Waals surface area contributed by atoms with E-state index in [0.29, 0.717) is 12.7 Å². The zero-order chi connectivity index (χ0) is 13.9. The van der Waals surface area contributed by atoms with Crippen LogP contribution < -0.4 is 11.1 Å². The highest BCUT2D eigenvalue weighted by atomic mass is 16.5. The molecule has 6 nitrogen and oxygen atoms in total. The van der Waals surface area contributed by atoms with Crippen molar-refractivity contribution >= 4 is 12.2 Å². The van der Waals surface area contributed by atoms with Gasteiger partial charge in [-0.15, -0.1) is 0 Å². The molecule has 3 N–H and O–H groups in total. The summed E-state index contributed by atoms with van der Waals surface area (Å²) in [5.41, 5.74) is 8.75. The quantitative estimate of drug-likeness (QED) is 0.824. The first-order valence-electron chi connectivity index (χ1n) is 6.50. The number of nitrogens with zero attached hydrogens (tertiary/aromatic N) is 3. The van der Waals surface area contributed by atoms with Crippen molar-refractivity contribution in [2.24, 2.45) is 5.10 Å². The third-order valence-electron chi connectivity index (χ3n) is 3.19. The molecule has 1 saturated heterocycles. The van der Waals surface area contributed by atoms with E-state index in [-0.39, 0.29) is 6.10 Å². The first-order valence-corrected chi connectivity index (χ1v) is 6.50. The summed E-state index contributed by atoms with van der Waals surface area (Å²) in [7, 11) is 0. The van der Waals surface area contributed by atoms with Crippen LogP contribution in [0.2, 0.25) is 0 Å². The maximum absolute atomic E-state index is 5.73. The normalized spacial score (nSPS) is 18.9. The molecule has 1 atom stereocenters. The molecule has 2 aromatic rings. The lowest BCUT2D eigenvalue weighted by Crippen LogP contribution is -2.07. The van der Waals surface area contributed by atoms with E-state index < -0.39 is 0 Å². The highest BCUT2D eigenvalue weighted by molar-refractivity contribution is 5.79. The molecule has 1 unspecified atom stereocenters. The molecule has 3 rings (SSSR count). The van der Waals surface area contributed by atoms with Crippen LogP contribution >= 0.6 is 0 Å². The van der Waals surface area contributed by atoms with Crippen LogP contribution in [0.25, 0.3) is 0 Å². The monoisotopic (exact) mass is 271 g/mol. The Morgan fingerprint density at radius 3 is 2.85 bits per heavy atom. The Kier molecular flexibility index (Phi) is 3.49. The van der Waals surface area contributed by atoms with Gasteiger partial charge < -0.3 is 10.5 Å². The Morgan fingerprint density at radius 1 is 1.45 bits per heavy atom. The Bertz CT molecular complexity index is 611. The minimum Gasteiger partial charge on any atom is -0.368 e. The van der Waals surface area contributed by atoms with Crippen molar-refractivity contribution in [3.8, 4) is 0 Å². The number of aryl methyl sites for hydroxylation is 1. The summed E-state index contributed by atoms with van der Waals surface area (Å²) < 4.78 is 7.12. The average Bonchev–Trinajstić information content (AvgIpc) is 3.07. The zero-order valence-corrected chi connectivity index (χ0v) is 11.3. The Balaban J connectivity index is 1.73. The second-order valence-electron chi connectivity index (χ2n) is 4.75. The van der Waals surface area contributed by atoms with Gasteiger partial charge in [0, 0.05) is 6.54 Å².